The number of amides is 2. The van der Waals surface area contributed by atoms with Gasteiger partial charge in [-0.1, -0.05) is 17.7 Å². The molecule has 0 spiro atoms. The minimum Gasteiger partial charge on any atom is -0.480 e. The van der Waals surface area contributed by atoms with Crippen LogP contribution < -0.4 is 4.90 Å². The number of carboxylic acid groups (broad SMARTS) is 1. The number of urea groups is 1. The van der Waals surface area contributed by atoms with Crippen molar-refractivity contribution in [2.75, 3.05) is 18.0 Å². The zero-order chi connectivity index (χ0) is 15.6. The first-order chi connectivity index (χ1) is 9.93. The van der Waals surface area contributed by atoms with E-state index in [0.29, 0.717) is 6.54 Å². The highest BCUT2D eigenvalue weighted by Crippen LogP contribution is 2.23. The third-order valence-corrected chi connectivity index (χ3v) is 3.70. The third kappa shape index (κ3) is 3.16. The molecule has 0 radical (unpaired) electrons. The Hall–Kier alpha value is -2.08. The number of aliphatic carboxylic acids is 1. The number of benzene rings is 1. The summed E-state index contributed by atoms with van der Waals surface area (Å²) in [7, 11) is 0. The lowest BCUT2D eigenvalue weighted by Gasteiger charge is -2.29. The van der Waals surface area contributed by atoms with Crippen LogP contribution in [0.4, 0.5) is 10.5 Å². The van der Waals surface area contributed by atoms with Gasteiger partial charge < -0.3 is 15.1 Å². The van der Waals surface area contributed by atoms with Crippen molar-refractivity contribution in [3.63, 3.8) is 0 Å². The van der Waals surface area contributed by atoms with Crippen molar-refractivity contribution >= 4 is 17.7 Å². The van der Waals surface area contributed by atoms with Gasteiger partial charge in [0, 0.05) is 25.2 Å². The molecule has 0 aliphatic carbocycles. The Bertz CT molecular complexity index is 529. The van der Waals surface area contributed by atoms with Crippen LogP contribution in [0.25, 0.3) is 0 Å². The number of β-amino-alcohol motifs (C(OH)–C–C–N with tert-alkyl or cyclic N) is 1. The number of aliphatic hydroxyl groups excluding tert-OH is 1. The first kappa shape index (κ1) is 15.3. The van der Waals surface area contributed by atoms with Gasteiger partial charge in [-0.2, -0.15) is 0 Å². The third-order valence-electron chi connectivity index (χ3n) is 3.70. The second-order valence-corrected chi connectivity index (χ2v) is 5.26. The fourth-order valence-electron chi connectivity index (χ4n) is 2.57. The molecule has 1 aromatic rings. The Morgan fingerprint density at radius 2 is 1.95 bits per heavy atom. The molecule has 2 N–H and O–H groups in total. The normalized spacial score (nSPS) is 21.4. The first-order valence-corrected chi connectivity index (χ1v) is 6.99. The maximum Gasteiger partial charge on any atom is 0.326 e. The zero-order valence-corrected chi connectivity index (χ0v) is 12.2. The minimum absolute atomic E-state index is 0.0537. The van der Waals surface area contributed by atoms with Crippen molar-refractivity contribution < 1.29 is 19.8 Å². The lowest BCUT2D eigenvalue weighted by atomic mass is 10.2. The molecule has 1 aliphatic rings. The van der Waals surface area contributed by atoms with Gasteiger partial charge in [-0.15, -0.1) is 0 Å². The van der Waals surface area contributed by atoms with E-state index in [4.69, 9.17) is 0 Å². The van der Waals surface area contributed by atoms with Crippen LogP contribution in [0, 0.1) is 6.92 Å². The van der Waals surface area contributed by atoms with E-state index in [9.17, 15) is 19.8 Å². The van der Waals surface area contributed by atoms with Crippen molar-refractivity contribution in [3.05, 3.63) is 29.8 Å². The summed E-state index contributed by atoms with van der Waals surface area (Å²) in [5.74, 6) is -1.08. The molecule has 2 amide bonds. The number of carbonyl (C=O) groups is 2. The Kier molecular flexibility index (Phi) is 4.47. The number of likely N-dealkylation sites (tertiary alicyclic amines) is 1. The molecule has 1 aromatic carbocycles. The van der Waals surface area contributed by atoms with Crippen molar-refractivity contribution in [1.82, 2.24) is 4.90 Å². The summed E-state index contributed by atoms with van der Waals surface area (Å²) in [6.07, 6.45) is -0.709. The Balaban J connectivity index is 2.23. The van der Waals surface area contributed by atoms with Crippen LogP contribution in [0.5, 0.6) is 0 Å². The highest BCUT2D eigenvalue weighted by molar-refractivity contribution is 5.94. The summed E-state index contributed by atoms with van der Waals surface area (Å²) in [5, 5.41) is 18.8. The Morgan fingerprint density at radius 1 is 1.33 bits per heavy atom. The first-order valence-electron chi connectivity index (χ1n) is 6.99. The monoisotopic (exact) mass is 292 g/mol. The number of nitrogens with zero attached hydrogens (tertiary/aromatic N) is 2. The van der Waals surface area contributed by atoms with Crippen LogP contribution in [0.3, 0.4) is 0 Å². The van der Waals surface area contributed by atoms with E-state index in [2.05, 4.69) is 0 Å². The zero-order valence-electron chi connectivity index (χ0n) is 12.2. The quantitative estimate of drug-likeness (QED) is 0.883. The van der Waals surface area contributed by atoms with E-state index >= 15 is 0 Å². The molecule has 1 saturated heterocycles. The fourth-order valence-corrected chi connectivity index (χ4v) is 2.57. The number of aliphatic hydroxyl groups is 1. The standard InChI is InChI=1S/C15H20N2O4/c1-3-16(11-6-4-10(2)5-7-11)15(21)17-9-12(18)8-13(17)14(19)20/h4-7,12-13,18H,3,8-9H2,1-2H3,(H,19,20)/t12?,13-/m0/s1. The number of aryl methyl sites for hydroxylation is 1. The van der Waals surface area contributed by atoms with Crippen LogP contribution in [-0.2, 0) is 4.79 Å². The molecular formula is C15H20N2O4. The van der Waals surface area contributed by atoms with Gasteiger partial charge in [0.15, 0.2) is 0 Å². The van der Waals surface area contributed by atoms with Crippen LogP contribution in [0.2, 0.25) is 0 Å². The maximum atomic E-state index is 12.6. The van der Waals surface area contributed by atoms with Crippen LogP contribution in [-0.4, -0.2) is 52.3 Å². The lowest BCUT2D eigenvalue weighted by molar-refractivity contribution is -0.141. The van der Waals surface area contributed by atoms with Gasteiger partial charge in [0.2, 0.25) is 0 Å². The molecule has 1 heterocycles. The van der Waals surface area contributed by atoms with E-state index in [1.807, 2.05) is 38.1 Å². The smallest absolute Gasteiger partial charge is 0.326 e. The molecule has 2 atom stereocenters. The van der Waals surface area contributed by atoms with Crippen molar-refractivity contribution in [2.45, 2.75) is 32.4 Å². The highest BCUT2D eigenvalue weighted by atomic mass is 16.4. The molecular weight excluding hydrogens is 272 g/mol. The molecule has 6 heteroatoms. The summed E-state index contributed by atoms with van der Waals surface area (Å²) >= 11 is 0. The SMILES string of the molecule is CCN(C(=O)N1CC(O)C[C@H]1C(=O)O)c1ccc(C)cc1. The highest BCUT2D eigenvalue weighted by Gasteiger charge is 2.40. The number of carboxylic acids is 1. The lowest BCUT2D eigenvalue weighted by Crippen LogP contribution is -2.48. The number of anilines is 1. The van der Waals surface area contributed by atoms with E-state index < -0.39 is 18.1 Å². The van der Waals surface area contributed by atoms with Crippen LogP contribution in [0.1, 0.15) is 18.9 Å². The number of rotatable bonds is 3. The predicted molar refractivity (Wildman–Crippen MR) is 78.3 cm³/mol. The van der Waals surface area contributed by atoms with Crippen LogP contribution in [0.15, 0.2) is 24.3 Å². The largest absolute Gasteiger partial charge is 0.480 e. The molecule has 6 nitrogen and oxygen atoms in total. The van der Waals surface area contributed by atoms with E-state index in [0.717, 1.165) is 11.3 Å². The summed E-state index contributed by atoms with van der Waals surface area (Å²) in [5.41, 5.74) is 1.81. The van der Waals surface area contributed by atoms with Gasteiger partial charge in [-0.25, -0.2) is 9.59 Å². The second kappa shape index (κ2) is 6.13. The Morgan fingerprint density at radius 3 is 2.48 bits per heavy atom. The summed E-state index contributed by atoms with van der Waals surface area (Å²) < 4.78 is 0. The number of hydrogen-bond acceptors (Lipinski definition) is 3. The minimum atomic E-state index is -1.08. The summed E-state index contributed by atoms with van der Waals surface area (Å²) in [6.45, 7) is 4.28. The molecule has 1 aliphatic heterocycles. The molecule has 0 bridgehead atoms. The van der Waals surface area contributed by atoms with Gasteiger partial charge in [0.25, 0.3) is 0 Å². The molecule has 2 rings (SSSR count). The van der Waals surface area contributed by atoms with Crippen LogP contribution >= 0.6 is 0 Å². The van der Waals surface area contributed by atoms with E-state index in [1.165, 1.54) is 9.80 Å². The van der Waals surface area contributed by atoms with Gasteiger partial charge >= 0.3 is 12.0 Å². The van der Waals surface area contributed by atoms with Gasteiger partial charge in [0.1, 0.15) is 6.04 Å². The molecule has 0 saturated carbocycles. The molecule has 0 aromatic heterocycles. The maximum absolute atomic E-state index is 12.6. The van der Waals surface area contributed by atoms with E-state index in [1.54, 1.807) is 0 Å². The number of hydrogen-bond donors (Lipinski definition) is 2. The number of carbonyl (C=O) groups excluding carboxylic acids is 1. The Labute approximate surface area is 123 Å². The van der Waals surface area contributed by atoms with E-state index in [-0.39, 0.29) is 19.0 Å². The average molecular weight is 292 g/mol. The predicted octanol–water partition coefficient (Wildman–Crippen LogP) is 1.46. The van der Waals surface area contributed by atoms with Gasteiger partial charge in [-0.3, -0.25) is 4.90 Å². The molecule has 114 valence electrons. The van der Waals surface area contributed by atoms with Gasteiger partial charge in [0.05, 0.1) is 6.10 Å². The molecule has 1 unspecified atom stereocenters. The molecule has 1 fully saturated rings. The average Bonchev–Trinajstić information content (AvgIpc) is 2.84. The second-order valence-electron chi connectivity index (χ2n) is 5.26. The fraction of sp³-hybridized carbons (Fsp3) is 0.467. The van der Waals surface area contributed by atoms with Gasteiger partial charge in [-0.05, 0) is 26.0 Å². The van der Waals surface area contributed by atoms with Crippen molar-refractivity contribution in [3.8, 4) is 0 Å². The summed E-state index contributed by atoms with van der Waals surface area (Å²) in [4.78, 5) is 26.6. The topological polar surface area (TPSA) is 81.1 Å². The summed E-state index contributed by atoms with van der Waals surface area (Å²) in [6, 6.07) is 6.12. The van der Waals surface area contributed by atoms with Crippen molar-refractivity contribution in [1.29, 1.82) is 0 Å². The molecule has 21 heavy (non-hydrogen) atoms. The van der Waals surface area contributed by atoms with Crippen molar-refractivity contribution in [2.24, 2.45) is 0 Å².